The SMILES string of the molecule is CC1(C)c2cc(-c3ccc(-c4cccc5c4oc4ccccc45)cc3)ccc2-c2ccc(-c3cccc(-c4cnc5c6ccccc6c6ccccc6c5n4)c3)cc21. The third kappa shape index (κ3) is 4.86. The molecule has 0 atom stereocenters. The van der Waals surface area contributed by atoms with Crippen LogP contribution < -0.4 is 0 Å². The molecule has 9 aromatic carbocycles. The summed E-state index contributed by atoms with van der Waals surface area (Å²) in [5.74, 6) is 0. The molecule has 3 nitrogen and oxygen atoms in total. The molecule has 0 saturated heterocycles. The summed E-state index contributed by atoms with van der Waals surface area (Å²) in [7, 11) is 0. The summed E-state index contributed by atoms with van der Waals surface area (Å²) in [5, 5.41) is 6.96. The lowest BCUT2D eigenvalue weighted by atomic mass is 9.80. The highest BCUT2D eigenvalue weighted by atomic mass is 16.3. The van der Waals surface area contributed by atoms with E-state index in [0.717, 1.165) is 71.7 Å². The van der Waals surface area contributed by atoms with Gasteiger partial charge in [0.2, 0.25) is 0 Å². The summed E-state index contributed by atoms with van der Waals surface area (Å²) in [4.78, 5) is 10.3. The third-order valence-electron chi connectivity index (χ3n) is 12.5. The number of nitrogens with zero attached hydrogens (tertiary/aromatic N) is 2. The Kier molecular flexibility index (Phi) is 6.98. The number of furan rings is 1. The minimum Gasteiger partial charge on any atom is -0.455 e. The lowest BCUT2D eigenvalue weighted by molar-refractivity contribution is 0.661. The van der Waals surface area contributed by atoms with Gasteiger partial charge in [0, 0.05) is 38.1 Å². The molecule has 11 aromatic rings. The highest BCUT2D eigenvalue weighted by Gasteiger charge is 2.36. The van der Waals surface area contributed by atoms with Crippen molar-refractivity contribution in [2.24, 2.45) is 0 Å². The smallest absolute Gasteiger partial charge is 0.143 e. The van der Waals surface area contributed by atoms with Crippen molar-refractivity contribution < 1.29 is 4.42 Å². The normalized spacial score (nSPS) is 13.1. The molecule has 0 saturated carbocycles. The zero-order valence-corrected chi connectivity index (χ0v) is 32.1. The number of fused-ring (bicyclic) bond motifs is 12. The number of para-hydroxylation sites is 2. The monoisotopic (exact) mass is 740 g/mol. The largest absolute Gasteiger partial charge is 0.455 e. The van der Waals surface area contributed by atoms with Gasteiger partial charge < -0.3 is 4.42 Å². The fourth-order valence-electron chi connectivity index (χ4n) is 9.53. The fraction of sp³-hybridized carbons (Fsp3) is 0.0545. The van der Waals surface area contributed by atoms with Crippen LogP contribution in [-0.4, -0.2) is 9.97 Å². The van der Waals surface area contributed by atoms with Gasteiger partial charge in [0.25, 0.3) is 0 Å². The van der Waals surface area contributed by atoms with Crippen LogP contribution in [0.1, 0.15) is 25.0 Å². The maximum Gasteiger partial charge on any atom is 0.143 e. The van der Waals surface area contributed by atoms with Gasteiger partial charge in [-0.05, 0) is 85.1 Å². The van der Waals surface area contributed by atoms with Crippen molar-refractivity contribution >= 4 is 54.5 Å². The number of hydrogen-bond donors (Lipinski definition) is 0. The molecule has 0 amide bonds. The molecule has 58 heavy (non-hydrogen) atoms. The van der Waals surface area contributed by atoms with E-state index in [1.165, 1.54) is 49.7 Å². The molecule has 1 aliphatic rings. The third-order valence-corrected chi connectivity index (χ3v) is 12.5. The van der Waals surface area contributed by atoms with E-state index in [1.54, 1.807) is 0 Å². The summed E-state index contributed by atoms with van der Waals surface area (Å²) in [5.41, 5.74) is 17.8. The minimum atomic E-state index is -0.168. The minimum absolute atomic E-state index is 0.168. The predicted octanol–water partition coefficient (Wildman–Crippen LogP) is 14.8. The van der Waals surface area contributed by atoms with Crippen LogP contribution in [0.4, 0.5) is 0 Å². The van der Waals surface area contributed by atoms with Crippen molar-refractivity contribution in [2.45, 2.75) is 19.3 Å². The van der Waals surface area contributed by atoms with Gasteiger partial charge in [0.1, 0.15) is 11.2 Å². The second-order valence-electron chi connectivity index (χ2n) is 16.1. The molecule has 0 N–H and O–H groups in total. The topological polar surface area (TPSA) is 38.9 Å². The zero-order valence-electron chi connectivity index (χ0n) is 32.1. The van der Waals surface area contributed by atoms with Crippen LogP contribution in [0.2, 0.25) is 0 Å². The Morgan fingerprint density at radius 3 is 1.66 bits per heavy atom. The molecule has 272 valence electrons. The van der Waals surface area contributed by atoms with Gasteiger partial charge in [-0.25, -0.2) is 4.98 Å². The van der Waals surface area contributed by atoms with Gasteiger partial charge in [-0.1, -0.05) is 166 Å². The van der Waals surface area contributed by atoms with E-state index in [1.807, 2.05) is 18.3 Å². The van der Waals surface area contributed by atoms with E-state index in [2.05, 4.69) is 178 Å². The van der Waals surface area contributed by atoms with Gasteiger partial charge >= 0.3 is 0 Å². The summed E-state index contributed by atoms with van der Waals surface area (Å²) < 4.78 is 6.35. The van der Waals surface area contributed by atoms with Crippen LogP contribution in [0, 0.1) is 0 Å². The number of aromatic nitrogens is 2. The Morgan fingerprint density at radius 2 is 0.931 bits per heavy atom. The Bertz CT molecular complexity index is 3450. The van der Waals surface area contributed by atoms with E-state index in [9.17, 15) is 0 Å². The number of rotatable bonds is 4. The second-order valence-corrected chi connectivity index (χ2v) is 16.1. The van der Waals surface area contributed by atoms with E-state index in [4.69, 9.17) is 14.4 Å². The Balaban J connectivity index is 0.872. The van der Waals surface area contributed by atoms with E-state index in [-0.39, 0.29) is 5.41 Å². The fourth-order valence-corrected chi connectivity index (χ4v) is 9.53. The van der Waals surface area contributed by atoms with Crippen LogP contribution >= 0.6 is 0 Å². The molecule has 0 fully saturated rings. The molecule has 0 spiro atoms. The quantitative estimate of drug-likeness (QED) is 0.169. The highest BCUT2D eigenvalue weighted by molar-refractivity contribution is 6.23. The molecule has 2 heterocycles. The lowest BCUT2D eigenvalue weighted by Crippen LogP contribution is -2.15. The van der Waals surface area contributed by atoms with Crippen LogP contribution in [0.5, 0.6) is 0 Å². The lowest BCUT2D eigenvalue weighted by Gasteiger charge is -2.22. The standard InChI is InChI=1S/C55H36N2O/c1-55(2)48-30-36(33-21-23-34(24-22-33)39-18-10-19-47-44-15-7-8-20-51(44)58-54(39)47)25-27-42(48)43-28-26-37(31-49(43)55)35-11-9-12-38(29-35)50-32-56-52-45-16-5-3-13-40(45)41-14-4-6-17-46(41)53(52)57-50/h3-32H,1-2H3. The van der Waals surface area contributed by atoms with Crippen LogP contribution in [0.25, 0.3) is 110 Å². The maximum atomic E-state index is 6.35. The Hall–Kier alpha value is -7.36. The van der Waals surface area contributed by atoms with E-state index >= 15 is 0 Å². The average Bonchev–Trinajstić information content (AvgIpc) is 3.78. The van der Waals surface area contributed by atoms with E-state index in [0.29, 0.717) is 0 Å². The molecule has 3 heteroatoms. The van der Waals surface area contributed by atoms with E-state index < -0.39 is 0 Å². The van der Waals surface area contributed by atoms with Crippen LogP contribution in [0.3, 0.4) is 0 Å². The maximum absolute atomic E-state index is 6.35. The molecule has 2 aromatic heterocycles. The number of hydrogen-bond acceptors (Lipinski definition) is 3. The van der Waals surface area contributed by atoms with Crippen LogP contribution in [-0.2, 0) is 5.41 Å². The molecule has 0 radical (unpaired) electrons. The first-order chi connectivity index (χ1) is 28.5. The Morgan fingerprint density at radius 1 is 0.397 bits per heavy atom. The zero-order chi connectivity index (χ0) is 38.5. The number of benzene rings is 9. The second kappa shape index (κ2) is 12.3. The summed E-state index contributed by atoms with van der Waals surface area (Å²) in [6.07, 6.45) is 1.93. The van der Waals surface area contributed by atoms with Crippen molar-refractivity contribution in [1.29, 1.82) is 0 Å². The average molecular weight is 741 g/mol. The molecule has 0 bridgehead atoms. The predicted molar refractivity (Wildman–Crippen MR) is 241 cm³/mol. The molecular weight excluding hydrogens is 705 g/mol. The van der Waals surface area contributed by atoms with Crippen molar-refractivity contribution in [3.05, 3.63) is 193 Å². The summed E-state index contributed by atoms with van der Waals surface area (Å²) in [6, 6.07) is 63.3. The summed E-state index contributed by atoms with van der Waals surface area (Å²) >= 11 is 0. The van der Waals surface area contributed by atoms with Crippen LogP contribution in [0.15, 0.2) is 187 Å². The summed E-state index contributed by atoms with van der Waals surface area (Å²) in [6.45, 7) is 4.72. The first-order valence-corrected chi connectivity index (χ1v) is 20.0. The van der Waals surface area contributed by atoms with Gasteiger partial charge in [-0.15, -0.1) is 0 Å². The molecule has 0 aliphatic heterocycles. The van der Waals surface area contributed by atoms with Crippen molar-refractivity contribution in [2.75, 3.05) is 0 Å². The molecule has 1 aliphatic carbocycles. The van der Waals surface area contributed by atoms with Gasteiger partial charge in [0.05, 0.1) is 22.9 Å². The van der Waals surface area contributed by atoms with Crippen molar-refractivity contribution in [3.63, 3.8) is 0 Å². The van der Waals surface area contributed by atoms with Crippen molar-refractivity contribution in [3.8, 4) is 55.8 Å². The first kappa shape index (κ1) is 32.8. The van der Waals surface area contributed by atoms with Crippen molar-refractivity contribution in [1.82, 2.24) is 9.97 Å². The molecular formula is C55H36N2O. The molecule has 12 rings (SSSR count). The Labute approximate surface area is 335 Å². The van der Waals surface area contributed by atoms with Gasteiger partial charge in [-0.3, -0.25) is 4.98 Å². The van der Waals surface area contributed by atoms with Gasteiger partial charge in [-0.2, -0.15) is 0 Å². The molecule has 0 unspecified atom stereocenters. The van der Waals surface area contributed by atoms with Gasteiger partial charge in [0.15, 0.2) is 0 Å². The highest BCUT2D eigenvalue weighted by Crippen LogP contribution is 2.51. The first-order valence-electron chi connectivity index (χ1n) is 20.0.